The second-order valence-electron chi connectivity index (χ2n) is 7.92. The van der Waals surface area contributed by atoms with Gasteiger partial charge in [0.25, 0.3) is 0 Å². The zero-order chi connectivity index (χ0) is 25.2. The number of anilines is 2. The zero-order valence-electron chi connectivity index (χ0n) is 20.1. The Morgan fingerprint density at radius 3 is 2.50 bits per heavy atom. The Bertz CT molecular complexity index is 1150. The van der Waals surface area contributed by atoms with Gasteiger partial charge in [-0.1, -0.05) is 13.8 Å². The molecule has 186 valence electrons. The third-order valence-electron chi connectivity index (χ3n) is 5.63. The van der Waals surface area contributed by atoms with Crippen molar-refractivity contribution < 1.29 is 17.6 Å². The quantitative estimate of drug-likeness (QED) is 0.465. The van der Waals surface area contributed by atoms with E-state index in [9.17, 15) is 13.2 Å². The Morgan fingerprint density at radius 2 is 1.94 bits per heavy atom. The van der Waals surface area contributed by atoms with E-state index in [-0.39, 0.29) is 23.1 Å². The normalized spacial score (nSPS) is 13.7. The van der Waals surface area contributed by atoms with Gasteiger partial charge in [-0.3, -0.25) is 9.67 Å². The van der Waals surface area contributed by atoms with Crippen molar-refractivity contribution in [3.05, 3.63) is 29.3 Å². The average molecular weight is 482 g/mol. The number of nitrogens with two attached hydrogens (primary N) is 1. The van der Waals surface area contributed by atoms with E-state index < -0.39 is 28.8 Å². The Balaban J connectivity index is 0.00000158. The minimum absolute atomic E-state index is 0.0188. The van der Waals surface area contributed by atoms with Crippen LogP contribution in [-0.4, -0.2) is 46.4 Å². The van der Waals surface area contributed by atoms with Gasteiger partial charge in [0.2, 0.25) is 0 Å². The van der Waals surface area contributed by atoms with Crippen LogP contribution in [0.5, 0.6) is 0 Å². The molecule has 0 bridgehead atoms. The average Bonchev–Trinajstić information content (AvgIpc) is 3.55. The summed E-state index contributed by atoms with van der Waals surface area (Å²) in [6.45, 7) is 9.15. The van der Waals surface area contributed by atoms with Gasteiger partial charge in [0.05, 0.1) is 22.7 Å². The minimum Gasteiger partial charge on any atom is -0.384 e. The summed E-state index contributed by atoms with van der Waals surface area (Å²) in [6, 6.07) is 1.04. The number of alkyl halides is 3. The van der Waals surface area contributed by atoms with Crippen molar-refractivity contribution in [2.75, 3.05) is 37.3 Å². The predicted octanol–water partition coefficient (Wildman–Crippen LogP) is 4.95. The molecule has 3 N–H and O–H groups in total. The SMILES string of the molecule is CC.CCN(CCNC)c1nn(C2CC2)c2c(F)c(-c3cc(N)nc(C)c3C(F)(F)F)ncc12. The van der Waals surface area contributed by atoms with Crippen LogP contribution >= 0.6 is 0 Å². The molecule has 1 aliphatic rings. The number of hydrogen-bond acceptors (Lipinski definition) is 6. The van der Waals surface area contributed by atoms with Crippen LogP contribution in [-0.2, 0) is 6.18 Å². The second kappa shape index (κ2) is 10.1. The van der Waals surface area contributed by atoms with E-state index in [1.54, 1.807) is 4.68 Å². The fourth-order valence-electron chi connectivity index (χ4n) is 3.98. The molecule has 0 aliphatic heterocycles. The van der Waals surface area contributed by atoms with E-state index in [2.05, 4.69) is 20.4 Å². The number of nitrogen functional groups attached to an aromatic ring is 1. The molecule has 1 aliphatic carbocycles. The molecule has 11 heteroatoms. The number of nitrogens with one attached hydrogen (secondary N) is 1. The molecular formula is C23H31F4N7. The van der Waals surface area contributed by atoms with Gasteiger partial charge >= 0.3 is 6.18 Å². The summed E-state index contributed by atoms with van der Waals surface area (Å²) >= 11 is 0. The highest BCUT2D eigenvalue weighted by molar-refractivity contribution is 5.93. The van der Waals surface area contributed by atoms with Crippen molar-refractivity contribution in [1.29, 1.82) is 0 Å². The van der Waals surface area contributed by atoms with Crippen LogP contribution in [0.1, 0.15) is 50.9 Å². The standard InChI is InChI=1S/C21H25F4N7.C2H6/c1-4-31(8-7-27-3)20-14-10-28-18(17(22)19(14)32(30-20)12-5-6-12)13-9-15(26)29-11(2)16(13)21(23,24)25;1-2/h9-10,12,27H,4-8H2,1-3H3,(H2,26,29);1-2H3. The van der Waals surface area contributed by atoms with Crippen molar-refractivity contribution in [2.45, 2.75) is 52.8 Å². The van der Waals surface area contributed by atoms with Gasteiger partial charge in [-0.2, -0.15) is 18.3 Å². The molecule has 0 spiro atoms. The zero-order valence-corrected chi connectivity index (χ0v) is 20.1. The molecule has 0 aromatic carbocycles. The number of hydrogen-bond donors (Lipinski definition) is 2. The molecule has 3 heterocycles. The third kappa shape index (κ3) is 4.79. The minimum atomic E-state index is -4.74. The maximum atomic E-state index is 15.9. The molecule has 1 fully saturated rings. The fourth-order valence-corrected chi connectivity index (χ4v) is 3.98. The number of halogens is 4. The van der Waals surface area contributed by atoms with Gasteiger partial charge < -0.3 is 16.0 Å². The summed E-state index contributed by atoms with van der Waals surface area (Å²) in [6.07, 6.45) is -1.66. The Morgan fingerprint density at radius 1 is 1.26 bits per heavy atom. The molecule has 0 saturated heterocycles. The molecule has 3 aromatic rings. The summed E-state index contributed by atoms with van der Waals surface area (Å²) in [5, 5.41) is 8.20. The number of rotatable bonds is 7. The topological polar surface area (TPSA) is 84.9 Å². The summed E-state index contributed by atoms with van der Waals surface area (Å²) in [7, 11) is 1.84. The van der Waals surface area contributed by atoms with Crippen LogP contribution in [0, 0.1) is 12.7 Å². The lowest BCUT2D eigenvalue weighted by atomic mass is 10.0. The molecule has 0 amide bonds. The smallest absolute Gasteiger partial charge is 0.384 e. The number of pyridine rings is 2. The molecule has 0 unspecified atom stereocenters. The third-order valence-corrected chi connectivity index (χ3v) is 5.63. The molecule has 1 saturated carbocycles. The van der Waals surface area contributed by atoms with E-state index in [0.29, 0.717) is 30.8 Å². The first-order valence-electron chi connectivity index (χ1n) is 11.5. The van der Waals surface area contributed by atoms with E-state index in [1.165, 1.54) is 13.1 Å². The summed E-state index contributed by atoms with van der Waals surface area (Å²) < 4.78 is 58.9. The van der Waals surface area contributed by atoms with Crippen LogP contribution in [0.25, 0.3) is 22.2 Å². The van der Waals surface area contributed by atoms with E-state index >= 15 is 4.39 Å². The maximum absolute atomic E-state index is 15.9. The largest absolute Gasteiger partial charge is 0.418 e. The lowest BCUT2D eigenvalue weighted by molar-refractivity contribution is -0.137. The molecule has 7 nitrogen and oxygen atoms in total. The summed E-state index contributed by atoms with van der Waals surface area (Å²) in [4.78, 5) is 9.84. The van der Waals surface area contributed by atoms with Crippen LogP contribution in [0.2, 0.25) is 0 Å². The highest BCUT2D eigenvalue weighted by atomic mass is 19.4. The van der Waals surface area contributed by atoms with Crippen LogP contribution < -0.4 is 16.0 Å². The van der Waals surface area contributed by atoms with Crippen LogP contribution in [0.15, 0.2) is 12.3 Å². The van der Waals surface area contributed by atoms with Crippen molar-refractivity contribution in [3.63, 3.8) is 0 Å². The van der Waals surface area contributed by atoms with E-state index in [4.69, 9.17) is 5.73 Å². The first-order valence-corrected chi connectivity index (χ1v) is 11.5. The lowest BCUT2D eigenvalue weighted by Gasteiger charge is -2.20. The second-order valence-corrected chi connectivity index (χ2v) is 7.92. The van der Waals surface area contributed by atoms with E-state index in [1.807, 2.05) is 32.7 Å². The lowest BCUT2D eigenvalue weighted by Crippen LogP contribution is -2.31. The molecule has 0 radical (unpaired) electrons. The number of likely N-dealkylation sites (N-methyl/N-ethyl adjacent to an activating group) is 2. The van der Waals surface area contributed by atoms with E-state index in [0.717, 1.165) is 18.9 Å². The Hall–Kier alpha value is -2.95. The number of aromatic nitrogens is 4. The number of aryl methyl sites for hydroxylation is 1. The monoisotopic (exact) mass is 481 g/mol. The highest BCUT2D eigenvalue weighted by Crippen LogP contribution is 2.44. The maximum Gasteiger partial charge on any atom is 0.418 e. The van der Waals surface area contributed by atoms with Gasteiger partial charge in [-0.25, -0.2) is 9.37 Å². The fraction of sp³-hybridized carbons (Fsp3) is 0.522. The van der Waals surface area contributed by atoms with Gasteiger partial charge in [0.15, 0.2) is 11.6 Å². The first kappa shape index (κ1) is 25.7. The van der Waals surface area contributed by atoms with Crippen LogP contribution in [0.4, 0.5) is 29.2 Å². The Labute approximate surface area is 196 Å². The molecule has 4 rings (SSSR count). The highest BCUT2D eigenvalue weighted by Gasteiger charge is 2.38. The Kier molecular flexibility index (Phi) is 7.64. The number of fused-ring (bicyclic) bond motifs is 1. The summed E-state index contributed by atoms with van der Waals surface area (Å²) in [5.41, 5.74) is 3.68. The molecular weight excluding hydrogens is 450 g/mol. The van der Waals surface area contributed by atoms with Gasteiger partial charge in [0, 0.05) is 31.4 Å². The van der Waals surface area contributed by atoms with Gasteiger partial charge in [0.1, 0.15) is 17.0 Å². The summed E-state index contributed by atoms with van der Waals surface area (Å²) in [5.74, 6) is -0.398. The van der Waals surface area contributed by atoms with Gasteiger partial charge in [-0.15, -0.1) is 0 Å². The van der Waals surface area contributed by atoms with Crippen LogP contribution in [0.3, 0.4) is 0 Å². The molecule has 3 aromatic heterocycles. The van der Waals surface area contributed by atoms with Crippen molar-refractivity contribution >= 4 is 22.5 Å². The first-order chi connectivity index (χ1) is 16.2. The van der Waals surface area contributed by atoms with Crippen molar-refractivity contribution in [2.24, 2.45) is 0 Å². The van der Waals surface area contributed by atoms with Gasteiger partial charge in [-0.05, 0) is 39.8 Å². The molecule has 0 atom stereocenters. The van der Waals surface area contributed by atoms with Crippen molar-refractivity contribution in [1.82, 2.24) is 25.1 Å². The number of nitrogens with zero attached hydrogens (tertiary/aromatic N) is 5. The van der Waals surface area contributed by atoms with Crippen molar-refractivity contribution in [3.8, 4) is 11.3 Å². The molecule has 34 heavy (non-hydrogen) atoms. The predicted molar refractivity (Wildman–Crippen MR) is 126 cm³/mol.